The number of nitrogens with one attached hydrogen (secondary N) is 1. The van der Waals surface area contributed by atoms with Crippen molar-refractivity contribution in [2.24, 2.45) is 0 Å². The van der Waals surface area contributed by atoms with Crippen LogP contribution >= 0.6 is 212 Å². The van der Waals surface area contributed by atoms with Crippen LogP contribution in [0.5, 0.6) is 0 Å². The normalized spacial score (nSPS) is 10.7. The smallest absolute Gasteiger partial charge is 0.480 e. The summed E-state index contributed by atoms with van der Waals surface area (Å²) in [6.07, 6.45) is 0.425. The van der Waals surface area contributed by atoms with Crippen LogP contribution in [-0.4, -0.2) is 95.0 Å². The lowest BCUT2D eigenvalue weighted by molar-refractivity contribution is -0.143. The molecule has 15 aromatic rings. The Hall–Kier alpha value is -8.04. The lowest BCUT2D eigenvalue weighted by Gasteiger charge is -2.16. The van der Waals surface area contributed by atoms with Gasteiger partial charge in [-0.15, -0.1) is 0 Å². The average Bonchev–Trinajstić information content (AvgIpc) is 0.747. The fourth-order valence-electron chi connectivity index (χ4n) is 12.6. The number of fused-ring (bicyclic) bond motifs is 6. The molecule has 0 saturated heterocycles. The van der Waals surface area contributed by atoms with Crippen LogP contribution < -0.4 is 27.5 Å². The summed E-state index contributed by atoms with van der Waals surface area (Å²) >= 11 is 80.0. The highest BCUT2D eigenvalue weighted by Gasteiger charge is 2.23. The highest BCUT2D eigenvalue weighted by Crippen LogP contribution is 2.38. The molecular weight excluding hydrogens is 2270 g/mol. The fraction of sp³-hybridized carbons (Fsp3) is 0.149. The minimum atomic E-state index is -1.36. The van der Waals surface area contributed by atoms with Crippen molar-refractivity contribution >= 4 is 325 Å². The SMILES string of the molecule is Brc1ccc(Br)cc1.CC(C)c1ccc(-c2ccc3c(c2)c(=O)c2ccc(Cl)c(Cl)c2n3CC(=O)O)cc1.CC(C)c1ccc(B(O)O)cc1.CCOC(=O)CBr.CCOC(=O)Cn1c2ccc(Br)cc2c(=O)c2ccc(Cl)c(Cl)c21.Nc1c(C(=O)O)ccc(Cl)c1Cl.O=C(O)c1ccc(Cl)c(Cl)c1Cc1ccc(Br)cc1.O=c1c2cc(Br)ccc2[nH]c2c(Cl)c(Cl)ccc12. The van der Waals surface area contributed by atoms with Gasteiger partial charge in [-0.3, -0.25) is 28.8 Å². The van der Waals surface area contributed by atoms with E-state index < -0.39 is 31.0 Å². The summed E-state index contributed by atoms with van der Waals surface area (Å²) in [6, 6.07) is 62.7. The van der Waals surface area contributed by atoms with Crippen LogP contribution in [0.4, 0.5) is 5.69 Å². The molecule has 0 radical (unpaired) electrons. The fourth-order valence-corrected chi connectivity index (χ4v) is 16.2. The largest absolute Gasteiger partial charge is 0.488 e. The topological polar surface area (TPSA) is 308 Å². The molecular formula is C94H75BBr6Cl10N4O15. The van der Waals surface area contributed by atoms with Crippen molar-refractivity contribution < 1.29 is 58.8 Å². The first-order chi connectivity index (χ1) is 61.5. The van der Waals surface area contributed by atoms with Gasteiger partial charge in [-0.25, -0.2) is 9.59 Å². The number of carbonyl (C=O) groups is 5. The number of aromatic nitrogens is 3. The van der Waals surface area contributed by atoms with Crippen LogP contribution in [0.25, 0.3) is 76.5 Å². The maximum Gasteiger partial charge on any atom is 0.488 e. The molecule has 0 saturated carbocycles. The number of rotatable bonds is 15. The van der Waals surface area contributed by atoms with E-state index in [-0.39, 0.29) is 83.9 Å². The predicted molar refractivity (Wildman–Crippen MR) is 554 cm³/mol. The van der Waals surface area contributed by atoms with Gasteiger partial charge in [0, 0.05) is 60.2 Å². The Morgan fingerprint density at radius 2 is 0.815 bits per heavy atom. The number of carboxylic acids is 3. The molecule has 0 bridgehead atoms. The van der Waals surface area contributed by atoms with Gasteiger partial charge < -0.3 is 54.7 Å². The molecule has 0 aliphatic carbocycles. The second-order valence-electron chi connectivity index (χ2n) is 28.3. The first kappa shape index (κ1) is 107. The van der Waals surface area contributed by atoms with E-state index >= 15 is 0 Å². The third-order valence-electron chi connectivity index (χ3n) is 19.0. The summed E-state index contributed by atoms with van der Waals surface area (Å²) in [5.41, 5.74) is 14.6. The molecule has 0 spiro atoms. The van der Waals surface area contributed by atoms with Crippen LogP contribution in [0.1, 0.15) is 96.3 Å². The number of anilines is 1. The number of hydrogen-bond acceptors (Lipinski definition) is 13. The van der Waals surface area contributed by atoms with Crippen molar-refractivity contribution in [3.05, 3.63) is 349 Å². The van der Waals surface area contributed by atoms with E-state index in [1.54, 1.807) is 97.3 Å². The van der Waals surface area contributed by atoms with E-state index in [9.17, 15) is 48.6 Å². The number of hydrogen-bond donors (Lipinski definition) is 7. The van der Waals surface area contributed by atoms with E-state index in [0.29, 0.717) is 126 Å². The number of aliphatic carboxylic acids is 1. The molecule has 130 heavy (non-hydrogen) atoms. The quantitative estimate of drug-likeness (QED) is 0.0165. The molecule has 8 N–H and O–H groups in total. The summed E-state index contributed by atoms with van der Waals surface area (Å²) in [4.78, 5) is 97.0. The second-order valence-corrected chi connectivity index (χ2v) is 37.4. The van der Waals surface area contributed by atoms with E-state index in [1.165, 1.54) is 40.0 Å². The highest BCUT2D eigenvalue weighted by molar-refractivity contribution is 9.11. The van der Waals surface area contributed by atoms with Gasteiger partial charge in [-0.05, 0) is 217 Å². The van der Waals surface area contributed by atoms with E-state index in [4.69, 9.17) is 142 Å². The van der Waals surface area contributed by atoms with Gasteiger partial charge in [0.2, 0.25) is 0 Å². The van der Waals surface area contributed by atoms with Gasteiger partial charge in [-0.1, -0.05) is 306 Å². The van der Waals surface area contributed by atoms with Crippen LogP contribution in [0.15, 0.2) is 249 Å². The molecule has 676 valence electrons. The Labute approximate surface area is 846 Å². The zero-order valence-electron chi connectivity index (χ0n) is 69.0. The number of nitrogens with zero attached hydrogens (tertiary/aromatic N) is 2. The minimum absolute atomic E-state index is 0.00309. The number of aromatic amines is 1. The number of esters is 2. The van der Waals surface area contributed by atoms with Crippen molar-refractivity contribution in [1.29, 1.82) is 0 Å². The molecule has 19 nitrogen and oxygen atoms in total. The molecule has 3 heterocycles. The third kappa shape index (κ3) is 28.5. The molecule has 36 heteroatoms. The van der Waals surface area contributed by atoms with Gasteiger partial charge in [0.15, 0.2) is 16.3 Å². The van der Waals surface area contributed by atoms with Gasteiger partial charge in [0.1, 0.15) is 18.4 Å². The molecule has 0 atom stereocenters. The summed E-state index contributed by atoms with van der Waals surface area (Å²) in [5.74, 6) is -2.87. The van der Waals surface area contributed by atoms with E-state index in [1.807, 2.05) is 97.1 Å². The lowest BCUT2D eigenvalue weighted by Crippen LogP contribution is -2.29. The number of H-pyrrole nitrogens is 1. The number of benzene rings is 12. The van der Waals surface area contributed by atoms with Crippen LogP contribution in [0.2, 0.25) is 50.2 Å². The van der Waals surface area contributed by atoms with Crippen molar-refractivity contribution in [2.75, 3.05) is 24.3 Å². The number of halogens is 16. The maximum absolute atomic E-state index is 13.3. The molecule has 3 aromatic heterocycles. The maximum atomic E-state index is 13.3. The summed E-state index contributed by atoms with van der Waals surface area (Å²) in [7, 11) is -1.36. The summed E-state index contributed by atoms with van der Waals surface area (Å²) < 4.78 is 17.6. The van der Waals surface area contributed by atoms with Crippen molar-refractivity contribution in [2.45, 2.75) is 72.9 Å². The first-order valence-corrected chi connectivity index (χ1v) is 47.5. The Kier molecular flexibility index (Phi) is 41.6. The number of ether oxygens (including phenoxy) is 2. The Morgan fingerprint density at radius 3 is 1.28 bits per heavy atom. The monoisotopic (exact) mass is 2330 g/mol. The number of nitrogens with two attached hydrogens (primary N) is 1. The van der Waals surface area contributed by atoms with Gasteiger partial charge in [0.25, 0.3) is 0 Å². The molecule has 0 aliphatic heterocycles. The first-order valence-electron chi connectivity index (χ1n) is 38.6. The summed E-state index contributed by atoms with van der Waals surface area (Å²) in [6.45, 7) is 12.3. The van der Waals surface area contributed by atoms with Crippen LogP contribution in [0.3, 0.4) is 0 Å². The molecule has 0 fully saturated rings. The van der Waals surface area contributed by atoms with Crippen molar-refractivity contribution in [3.8, 4) is 11.1 Å². The molecule has 12 aromatic carbocycles. The third-order valence-corrected chi connectivity index (χ3v) is 26.1. The lowest BCUT2D eigenvalue weighted by atomic mass is 9.79. The number of carbonyl (C=O) groups excluding carboxylic acids is 2. The van der Waals surface area contributed by atoms with E-state index in [2.05, 4.69) is 145 Å². The highest BCUT2D eigenvalue weighted by atomic mass is 79.9. The standard InChI is InChI=1S/C24H19Cl2NO3.C17H12BrCl2NO3.C14H9BrCl2O2.C13H6BrCl2NO.C9H13BO2.C7H5Cl2NO2.C6H4Br2.C4H7BrO2/c1-13(2)14-3-5-15(6-4-14)16-7-10-20-18(11-16)24(30)17-8-9-19(25)22(26)23(17)27(20)12-21(28)29;1-2-24-14(22)8-21-13-6-3-9(18)7-11(13)17(23)10-4-5-12(19)15(20)16(10)21;15-9-3-1-8(2-4-9)7-11-10(14(18)19)5-6-12(16)13(11)17;14-6-1-4-10-8(5-6)13(18)7-2-3-9(15)11(16)12(7)17-10;1-7(2)8-3-5-9(6-4-8)10(11)12;8-4-2-1-3(7(11)12)6(10)5(4)9;7-5-1-2-6(8)4-3-5;1-2-7-4(6)3-5/h3-11,13H,12H2,1-2H3,(H,28,29);3-7H,2,8H2,1H3;1-6H,7H2,(H,18,19);1-5H,(H,17,18);3-7,11-12H,1-2H3;1-2H,10H2,(H,11,12);1-4H;2-3H2,1H3. The van der Waals surface area contributed by atoms with Crippen molar-refractivity contribution in [3.63, 3.8) is 0 Å². The van der Waals surface area contributed by atoms with Gasteiger partial charge in [0.05, 0.1) is 108 Å². The predicted octanol–water partition coefficient (Wildman–Crippen LogP) is 27.8. The average molecular weight is 2350 g/mol. The number of alkyl halides is 1. The van der Waals surface area contributed by atoms with Crippen LogP contribution in [0, 0.1) is 0 Å². The molecule has 0 aliphatic rings. The van der Waals surface area contributed by atoms with Gasteiger partial charge in [-0.2, -0.15) is 0 Å². The number of carboxylic acid groups (broad SMARTS) is 3. The van der Waals surface area contributed by atoms with Crippen LogP contribution in [-0.2, 0) is 43.4 Å². The van der Waals surface area contributed by atoms with Crippen molar-refractivity contribution in [1.82, 2.24) is 14.1 Å². The Morgan fingerprint density at radius 1 is 0.423 bits per heavy atom. The Bertz CT molecular complexity index is 6860. The number of pyridine rings is 3. The number of aromatic carboxylic acids is 2. The Balaban J connectivity index is 0.000000191. The van der Waals surface area contributed by atoms with Gasteiger partial charge >= 0.3 is 37.0 Å². The minimum Gasteiger partial charge on any atom is -0.480 e. The van der Waals surface area contributed by atoms with E-state index in [0.717, 1.165) is 44.6 Å². The second kappa shape index (κ2) is 50.3. The molecule has 0 amide bonds. The zero-order valence-corrected chi connectivity index (χ0v) is 86.1. The number of nitrogen functional groups attached to an aromatic ring is 1. The molecule has 15 rings (SSSR count). The molecule has 0 unspecified atom stereocenters. The zero-order chi connectivity index (χ0) is 96.0. The summed E-state index contributed by atoms with van der Waals surface area (Å²) in [5, 5.41) is 50.7.